The third kappa shape index (κ3) is 2.20. The fraction of sp³-hybridized carbons (Fsp3) is 0.556. The first-order valence-electron chi connectivity index (χ1n) is 8.58. The Morgan fingerprint density at radius 2 is 1.96 bits per heavy atom. The second-order valence-corrected chi connectivity index (χ2v) is 6.73. The fourth-order valence-corrected chi connectivity index (χ4v) is 3.99. The molecule has 2 heterocycles. The number of rotatable bonds is 4. The maximum atomic E-state index is 13.5. The van der Waals surface area contributed by atoms with Crippen molar-refractivity contribution in [1.82, 2.24) is 4.90 Å². The molecule has 4 rings (SSSR count). The van der Waals surface area contributed by atoms with Gasteiger partial charge in [-0.05, 0) is 37.7 Å². The van der Waals surface area contributed by atoms with Gasteiger partial charge in [0.25, 0.3) is 5.91 Å². The van der Waals surface area contributed by atoms with Gasteiger partial charge >= 0.3 is 0 Å². The summed E-state index contributed by atoms with van der Waals surface area (Å²) in [6.45, 7) is 1.32. The maximum Gasteiger partial charge on any atom is 0.262 e. The number of nitrogens with two attached hydrogens (primary N) is 1. The van der Waals surface area contributed by atoms with E-state index < -0.39 is 5.54 Å². The standard InChI is InChI=1S/C18H23N3O3/c1-23-15-5-3-2-4-14(15)18(12-6-7-12)16(22)21(17(19)20-18)13-8-10-24-11-9-13/h2-5,12-13H,6-11H2,1H3,(H2,19,20). The van der Waals surface area contributed by atoms with Crippen molar-refractivity contribution in [3.63, 3.8) is 0 Å². The lowest BCUT2D eigenvalue weighted by atomic mass is 9.84. The summed E-state index contributed by atoms with van der Waals surface area (Å²) in [5.74, 6) is 1.23. The summed E-state index contributed by atoms with van der Waals surface area (Å²) >= 11 is 0. The van der Waals surface area contributed by atoms with E-state index >= 15 is 0 Å². The number of methoxy groups -OCH3 is 1. The molecular weight excluding hydrogens is 306 g/mol. The molecule has 2 N–H and O–H groups in total. The summed E-state index contributed by atoms with van der Waals surface area (Å²) in [6, 6.07) is 7.74. The van der Waals surface area contributed by atoms with Crippen LogP contribution in [-0.4, -0.2) is 43.1 Å². The number of benzene rings is 1. The van der Waals surface area contributed by atoms with Crippen molar-refractivity contribution in [2.75, 3.05) is 20.3 Å². The Morgan fingerprint density at radius 3 is 2.62 bits per heavy atom. The van der Waals surface area contributed by atoms with E-state index in [0.717, 1.165) is 31.2 Å². The van der Waals surface area contributed by atoms with Gasteiger partial charge in [-0.3, -0.25) is 9.69 Å². The minimum Gasteiger partial charge on any atom is -0.496 e. The van der Waals surface area contributed by atoms with Crippen LogP contribution in [0.5, 0.6) is 5.75 Å². The summed E-state index contributed by atoms with van der Waals surface area (Å²) < 4.78 is 10.9. The van der Waals surface area contributed by atoms with Crippen LogP contribution in [0, 0.1) is 5.92 Å². The molecule has 6 nitrogen and oxygen atoms in total. The van der Waals surface area contributed by atoms with Crippen LogP contribution in [0.15, 0.2) is 29.3 Å². The highest BCUT2D eigenvalue weighted by molar-refractivity contribution is 6.08. The lowest BCUT2D eigenvalue weighted by Gasteiger charge is -2.33. The summed E-state index contributed by atoms with van der Waals surface area (Å²) in [6.07, 6.45) is 3.58. The van der Waals surface area contributed by atoms with Crippen molar-refractivity contribution in [2.24, 2.45) is 16.6 Å². The molecule has 1 aromatic rings. The minimum absolute atomic E-state index is 0.00102. The van der Waals surface area contributed by atoms with Crippen molar-refractivity contribution < 1.29 is 14.3 Å². The van der Waals surface area contributed by atoms with Crippen molar-refractivity contribution in [2.45, 2.75) is 37.3 Å². The molecule has 2 aliphatic heterocycles. The summed E-state index contributed by atoms with van der Waals surface area (Å²) in [7, 11) is 1.63. The zero-order chi connectivity index (χ0) is 16.7. The predicted molar refractivity (Wildman–Crippen MR) is 89.7 cm³/mol. The molecule has 2 fully saturated rings. The van der Waals surface area contributed by atoms with Crippen LogP contribution >= 0.6 is 0 Å². The van der Waals surface area contributed by atoms with Gasteiger partial charge in [-0.1, -0.05) is 18.2 Å². The molecule has 1 aromatic carbocycles. The van der Waals surface area contributed by atoms with E-state index in [1.165, 1.54) is 0 Å². The zero-order valence-electron chi connectivity index (χ0n) is 13.9. The Morgan fingerprint density at radius 1 is 1.25 bits per heavy atom. The normalized spacial score (nSPS) is 28.1. The number of carbonyl (C=O) groups is 1. The lowest BCUT2D eigenvalue weighted by Crippen LogP contribution is -2.51. The van der Waals surface area contributed by atoms with Gasteiger partial charge < -0.3 is 15.2 Å². The summed E-state index contributed by atoms with van der Waals surface area (Å²) in [5.41, 5.74) is 6.15. The van der Waals surface area contributed by atoms with Gasteiger partial charge in [-0.25, -0.2) is 4.99 Å². The number of hydrogen-bond acceptors (Lipinski definition) is 5. The predicted octanol–water partition coefficient (Wildman–Crippen LogP) is 1.64. The van der Waals surface area contributed by atoms with Crippen LogP contribution in [0.2, 0.25) is 0 Å². The highest BCUT2D eigenvalue weighted by Crippen LogP contribution is 2.54. The maximum absolute atomic E-state index is 13.5. The van der Waals surface area contributed by atoms with Crippen molar-refractivity contribution in [3.05, 3.63) is 29.8 Å². The second kappa shape index (κ2) is 5.77. The quantitative estimate of drug-likeness (QED) is 0.911. The Hall–Kier alpha value is -2.08. The van der Waals surface area contributed by atoms with E-state index in [1.807, 2.05) is 24.3 Å². The van der Waals surface area contributed by atoms with E-state index in [0.29, 0.717) is 24.9 Å². The van der Waals surface area contributed by atoms with Gasteiger partial charge in [-0.2, -0.15) is 0 Å². The minimum atomic E-state index is -0.922. The number of carbonyl (C=O) groups excluding carboxylic acids is 1. The second-order valence-electron chi connectivity index (χ2n) is 6.73. The number of guanidine groups is 1. The molecule has 128 valence electrons. The van der Waals surface area contributed by atoms with Crippen LogP contribution < -0.4 is 10.5 Å². The van der Waals surface area contributed by atoms with Gasteiger partial charge in [0.2, 0.25) is 0 Å². The molecule has 0 aromatic heterocycles. The van der Waals surface area contributed by atoms with Gasteiger partial charge in [0.15, 0.2) is 11.5 Å². The van der Waals surface area contributed by atoms with E-state index in [4.69, 9.17) is 20.2 Å². The van der Waals surface area contributed by atoms with Crippen LogP contribution in [0.25, 0.3) is 0 Å². The highest BCUT2D eigenvalue weighted by Gasteiger charge is 2.60. The molecule has 3 aliphatic rings. The Balaban J connectivity index is 1.78. The van der Waals surface area contributed by atoms with Crippen LogP contribution in [-0.2, 0) is 15.1 Å². The number of hydrogen-bond donors (Lipinski definition) is 1. The first-order chi connectivity index (χ1) is 11.7. The van der Waals surface area contributed by atoms with Crippen LogP contribution in [0.3, 0.4) is 0 Å². The summed E-state index contributed by atoms with van der Waals surface area (Å²) in [5, 5.41) is 0. The molecule has 1 aliphatic carbocycles. The zero-order valence-corrected chi connectivity index (χ0v) is 13.9. The third-order valence-corrected chi connectivity index (χ3v) is 5.32. The average Bonchev–Trinajstić information content (AvgIpc) is 3.42. The van der Waals surface area contributed by atoms with E-state index in [-0.39, 0.29) is 17.9 Å². The number of nitrogens with zero attached hydrogens (tertiary/aromatic N) is 2. The number of aliphatic imine (C=N–C) groups is 1. The largest absolute Gasteiger partial charge is 0.496 e. The van der Waals surface area contributed by atoms with E-state index in [2.05, 4.69) is 0 Å². The smallest absolute Gasteiger partial charge is 0.262 e. The van der Waals surface area contributed by atoms with Gasteiger partial charge in [0.1, 0.15) is 5.75 Å². The topological polar surface area (TPSA) is 77.2 Å². The molecule has 0 bridgehead atoms. The van der Waals surface area contributed by atoms with E-state index in [1.54, 1.807) is 12.0 Å². The van der Waals surface area contributed by atoms with Crippen molar-refractivity contribution in [3.8, 4) is 5.75 Å². The number of para-hydroxylation sites is 1. The molecule has 6 heteroatoms. The first kappa shape index (κ1) is 15.4. The molecule has 1 saturated heterocycles. The Kier molecular flexibility index (Phi) is 3.72. The Labute approximate surface area is 141 Å². The number of ether oxygens (including phenoxy) is 2. The van der Waals surface area contributed by atoms with Gasteiger partial charge in [0.05, 0.1) is 7.11 Å². The molecule has 1 atom stereocenters. The first-order valence-corrected chi connectivity index (χ1v) is 8.58. The van der Waals surface area contributed by atoms with E-state index in [9.17, 15) is 4.79 Å². The molecule has 1 saturated carbocycles. The molecule has 0 spiro atoms. The summed E-state index contributed by atoms with van der Waals surface area (Å²) in [4.78, 5) is 20.0. The lowest BCUT2D eigenvalue weighted by molar-refractivity contribution is -0.135. The SMILES string of the molecule is COc1ccccc1C1(C2CC2)N=C(N)N(C2CCOCC2)C1=O. The molecule has 1 unspecified atom stereocenters. The molecule has 1 amide bonds. The highest BCUT2D eigenvalue weighted by atomic mass is 16.5. The van der Waals surface area contributed by atoms with Crippen molar-refractivity contribution >= 4 is 11.9 Å². The fourth-order valence-electron chi connectivity index (χ4n) is 3.99. The van der Waals surface area contributed by atoms with Gasteiger partial charge in [-0.15, -0.1) is 0 Å². The van der Waals surface area contributed by atoms with Crippen molar-refractivity contribution in [1.29, 1.82) is 0 Å². The molecular formula is C18H23N3O3. The number of amides is 1. The average molecular weight is 329 g/mol. The Bertz CT molecular complexity index is 680. The molecule has 24 heavy (non-hydrogen) atoms. The monoisotopic (exact) mass is 329 g/mol. The molecule has 0 radical (unpaired) electrons. The van der Waals surface area contributed by atoms with Gasteiger partial charge in [0, 0.05) is 24.8 Å². The van der Waals surface area contributed by atoms with Crippen LogP contribution in [0.4, 0.5) is 0 Å². The van der Waals surface area contributed by atoms with Crippen LogP contribution in [0.1, 0.15) is 31.2 Å². The third-order valence-electron chi connectivity index (χ3n) is 5.32.